The molecule has 0 aliphatic carbocycles. The molecule has 1 amide bonds. The molecule has 0 radical (unpaired) electrons. The van der Waals surface area contributed by atoms with Gasteiger partial charge in [0.25, 0.3) is 0 Å². The Bertz CT molecular complexity index is 555. The number of carboxylic acids is 1. The number of aliphatic carboxylic acids is 1. The zero-order valence-corrected chi connectivity index (χ0v) is 13.0. The molecule has 1 heterocycles. The molecular formula is C15H18ClNO5. The van der Waals surface area contributed by atoms with Crippen LogP contribution in [0.2, 0.25) is 5.02 Å². The van der Waals surface area contributed by atoms with Gasteiger partial charge in [-0.1, -0.05) is 11.6 Å². The second-order valence-electron chi connectivity index (χ2n) is 5.18. The SMILES string of the molecule is Cc1cc(Cl)ccc1OCOC(=O)N1CCC(C(=O)O)CC1. The maximum Gasteiger partial charge on any atom is 0.412 e. The van der Waals surface area contributed by atoms with Gasteiger partial charge in [-0.3, -0.25) is 4.79 Å². The van der Waals surface area contributed by atoms with E-state index in [0.29, 0.717) is 36.7 Å². The second kappa shape index (κ2) is 7.35. The maximum absolute atomic E-state index is 11.9. The van der Waals surface area contributed by atoms with Crippen molar-refractivity contribution in [3.05, 3.63) is 28.8 Å². The summed E-state index contributed by atoms with van der Waals surface area (Å²) in [5.74, 6) is -0.589. The van der Waals surface area contributed by atoms with E-state index < -0.39 is 12.1 Å². The van der Waals surface area contributed by atoms with Gasteiger partial charge in [0.05, 0.1) is 5.92 Å². The molecule has 1 aromatic carbocycles. The van der Waals surface area contributed by atoms with E-state index in [1.807, 2.05) is 6.92 Å². The van der Waals surface area contributed by atoms with Crippen LogP contribution in [0.25, 0.3) is 0 Å². The predicted octanol–water partition coefficient (Wildman–Crippen LogP) is 2.92. The summed E-state index contributed by atoms with van der Waals surface area (Å²) >= 11 is 5.85. The lowest BCUT2D eigenvalue weighted by Gasteiger charge is -2.29. The molecule has 0 spiro atoms. The van der Waals surface area contributed by atoms with E-state index in [0.717, 1.165) is 5.56 Å². The van der Waals surface area contributed by atoms with E-state index in [4.69, 9.17) is 26.2 Å². The summed E-state index contributed by atoms with van der Waals surface area (Å²) in [5, 5.41) is 9.53. The average molecular weight is 328 g/mol. The highest BCUT2D eigenvalue weighted by molar-refractivity contribution is 6.30. The second-order valence-corrected chi connectivity index (χ2v) is 5.62. The molecule has 1 aromatic rings. The van der Waals surface area contributed by atoms with Crippen LogP contribution in [0.3, 0.4) is 0 Å². The number of ether oxygens (including phenoxy) is 2. The van der Waals surface area contributed by atoms with Gasteiger partial charge >= 0.3 is 12.1 Å². The van der Waals surface area contributed by atoms with Crippen LogP contribution in [0.4, 0.5) is 4.79 Å². The number of carbonyl (C=O) groups is 2. The molecule has 7 heteroatoms. The molecule has 0 aromatic heterocycles. The van der Waals surface area contributed by atoms with Crippen LogP contribution < -0.4 is 4.74 Å². The Morgan fingerprint density at radius 3 is 2.64 bits per heavy atom. The minimum Gasteiger partial charge on any atom is -0.481 e. The number of carboxylic acid groups (broad SMARTS) is 1. The Morgan fingerprint density at radius 1 is 1.36 bits per heavy atom. The average Bonchev–Trinajstić information content (AvgIpc) is 2.49. The van der Waals surface area contributed by atoms with E-state index >= 15 is 0 Å². The molecule has 120 valence electrons. The van der Waals surface area contributed by atoms with E-state index in [9.17, 15) is 9.59 Å². The van der Waals surface area contributed by atoms with Gasteiger partial charge in [-0.25, -0.2) is 4.79 Å². The van der Waals surface area contributed by atoms with E-state index in [1.54, 1.807) is 18.2 Å². The largest absolute Gasteiger partial charge is 0.481 e. The van der Waals surface area contributed by atoms with E-state index in [2.05, 4.69) is 0 Å². The molecular weight excluding hydrogens is 310 g/mol. The van der Waals surface area contributed by atoms with Crippen LogP contribution in [0.15, 0.2) is 18.2 Å². The third kappa shape index (κ3) is 4.27. The zero-order valence-electron chi connectivity index (χ0n) is 12.3. The molecule has 1 aliphatic heterocycles. The van der Waals surface area contributed by atoms with Crippen molar-refractivity contribution in [2.24, 2.45) is 5.92 Å². The summed E-state index contributed by atoms with van der Waals surface area (Å²) < 4.78 is 10.4. The summed E-state index contributed by atoms with van der Waals surface area (Å²) in [7, 11) is 0. The number of likely N-dealkylation sites (tertiary alicyclic amines) is 1. The van der Waals surface area contributed by atoms with Crippen LogP contribution >= 0.6 is 11.6 Å². The summed E-state index contributed by atoms with van der Waals surface area (Å²) in [6.45, 7) is 2.42. The van der Waals surface area contributed by atoms with Crippen LogP contribution in [-0.2, 0) is 9.53 Å². The van der Waals surface area contributed by atoms with Crippen molar-refractivity contribution in [1.29, 1.82) is 0 Å². The first-order chi connectivity index (χ1) is 10.5. The molecule has 1 saturated heterocycles. The van der Waals surface area contributed by atoms with Crippen molar-refractivity contribution in [2.75, 3.05) is 19.9 Å². The Balaban J connectivity index is 1.75. The monoisotopic (exact) mass is 327 g/mol. The highest BCUT2D eigenvalue weighted by atomic mass is 35.5. The molecule has 0 atom stereocenters. The normalized spacial score (nSPS) is 15.5. The summed E-state index contributed by atoms with van der Waals surface area (Å²) in [4.78, 5) is 24.2. The fourth-order valence-corrected chi connectivity index (χ4v) is 2.55. The van der Waals surface area contributed by atoms with Crippen molar-refractivity contribution < 1.29 is 24.2 Å². The first-order valence-corrected chi connectivity index (χ1v) is 7.38. The molecule has 0 saturated carbocycles. The molecule has 0 unspecified atom stereocenters. The predicted molar refractivity (Wildman–Crippen MR) is 80.1 cm³/mol. The summed E-state index contributed by atoms with van der Waals surface area (Å²) in [6.07, 6.45) is 0.402. The molecule has 1 aliphatic rings. The highest BCUT2D eigenvalue weighted by Crippen LogP contribution is 2.22. The molecule has 22 heavy (non-hydrogen) atoms. The lowest BCUT2D eigenvalue weighted by Crippen LogP contribution is -2.40. The van der Waals surface area contributed by atoms with Gasteiger partial charge in [0, 0.05) is 18.1 Å². The van der Waals surface area contributed by atoms with Crippen molar-refractivity contribution in [1.82, 2.24) is 4.90 Å². The van der Waals surface area contributed by atoms with Crippen LogP contribution in [0.5, 0.6) is 5.75 Å². The number of nitrogens with zero attached hydrogens (tertiary/aromatic N) is 1. The van der Waals surface area contributed by atoms with Gasteiger partial charge in [-0.15, -0.1) is 0 Å². The Hall–Kier alpha value is -1.95. The van der Waals surface area contributed by atoms with Crippen molar-refractivity contribution in [3.63, 3.8) is 0 Å². The Labute approximate surface area is 133 Å². The number of aryl methyl sites for hydroxylation is 1. The van der Waals surface area contributed by atoms with Gasteiger partial charge < -0.3 is 19.5 Å². The number of rotatable bonds is 4. The molecule has 0 bridgehead atoms. The smallest absolute Gasteiger partial charge is 0.412 e. The summed E-state index contributed by atoms with van der Waals surface area (Å²) in [5.41, 5.74) is 0.853. The quantitative estimate of drug-likeness (QED) is 0.860. The van der Waals surface area contributed by atoms with Gasteiger partial charge in [0.15, 0.2) is 0 Å². The molecule has 2 rings (SSSR count). The standard InChI is InChI=1S/C15H18ClNO5/c1-10-8-12(16)2-3-13(10)21-9-22-15(20)17-6-4-11(5-7-17)14(18)19/h2-3,8,11H,4-7,9H2,1H3,(H,18,19). The van der Waals surface area contributed by atoms with Gasteiger partial charge in [0.1, 0.15) is 5.75 Å². The Kier molecular flexibility index (Phi) is 5.49. The minimum atomic E-state index is -0.811. The van der Waals surface area contributed by atoms with Crippen molar-refractivity contribution in [2.45, 2.75) is 19.8 Å². The maximum atomic E-state index is 11.9. The third-order valence-corrected chi connectivity index (χ3v) is 3.87. The number of carbonyl (C=O) groups excluding carboxylic acids is 1. The van der Waals surface area contributed by atoms with Crippen LogP contribution in [-0.4, -0.2) is 42.0 Å². The van der Waals surface area contributed by atoms with Crippen molar-refractivity contribution in [3.8, 4) is 5.75 Å². The number of piperidine rings is 1. The van der Waals surface area contributed by atoms with Gasteiger partial charge in [-0.2, -0.15) is 0 Å². The van der Waals surface area contributed by atoms with Gasteiger partial charge in [0.2, 0.25) is 6.79 Å². The van der Waals surface area contributed by atoms with Gasteiger partial charge in [-0.05, 0) is 43.5 Å². The minimum absolute atomic E-state index is 0.194. The van der Waals surface area contributed by atoms with E-state index in [-0.39, 0.29) is 12.7 Å². The number of halogens is 1. The first-order valence-electron chi connectivity index (χ1n) is 7.01. The zero-order chi connectivity index (χ0) is 16.1. The lowest BCUT2D eigenvalue weighted by atomic mass is 9.97. The molecule has 6 nitrogen and oxygen atoms in total. The number of hydrogen-bond donors (Lipinski definition) is 1. The lowest BCUT2D eigenvalue weighted by molar-refractivity contribution is -0.143. The molecule has 1 fully saturated rings. The van der Waals surface area contributed by atoms with E-state index in [1.165, 1.54) is 4.90 Å². The Morgan fingerprint density at radius 2 is 2.05 bits per heavy atom. The number of benzene rings is 1. The number of amides is 1. The number of hydrogen-bond acceptors (Lipinski definition) is 4. The fourth-order valence-electron chi connectivity index (χ4n) is 2.32. The highest BCUT2D eigenvalue weighted by Gasteiger charge is 2.27. The first kappa shape index (κ1) is 16.4. The van der Waals surface area contributed by atoms with Crippen LogP contribution in [0.1, 0.15) is 18.4 Å². The summed E-state index contributed by atoms with van der Waals surface area (Å²) in [6, 6.07) is 5.17. The topological polar surface area (TPSA) is 76.1 Å². The fraction of sp³-hybridized carbons (Fsp3) is 0.467. The third-order valence-electron chi connectivity index (χ3n) is 3.64. The van der Waals surface area contributed by atoms with Crippen molar-refractivity contribution >= 4 is 23.7 Å². The molecule has 1 N–H and O–H groups in total. The van der Waals surface area contributed by atoms with Crippen LogP contribution in [0, 0.1) is 12.8 Å².